The third kappa shape index (κ3) is 3.59. The van der Waals surface area contributed by atoms with Gasteiger partial charge in [-0.1, -0.05) is 38.1 Å². The molecule has 0 aromatic heterocycles. The highest BCUT2D eigenvalue weighted by molar-refractivity contribution is 5.83. The summed E-state index contributed by atoms with van der Waals surface area (Å²) in [7, 11) is 0. The fourth-order valence-corrected chi connectivity index (χ4v) is 2.40. The molecule has 1 aliphatic rings. The molecular formula is C16H24N2. The van der Waals surface area contributed by atoms with E-state index in [1.807, 2.05) is 0 Å². The summed E-state index contributed by atoms with van der Waals surface area (Å²) in [6, 6.07) is 9.35. The predicted octanol–water partition coefficient (Wildman–Crippen LogP) is 3.73. The Balaban J connectivity index is 1.95. The largest absolute Gasteiger partial charge is 0.367 e. The zero-order valence-corrected chi connectivity index (χ0v) is 11.7. The minimum atomic E-state index is 0.356. The maximum atomic E-state index is 4.46. The lowest BCUT2D eigenvalue weighted by Gasteiger charge is -2.16. The summed E-state index contributed by atoms with van der Waals surface area (Å²) < 4.78 is 0. The fourth-order valence-electron chi connectivity index (χ4n) is 2.40. The van der Waals surface area contributed by atoms with Crippen molar-refractivity contribution in [1.82, 2.24) is 5.32 Å². The third-order valence-corrected chi connectivity index (χ3v) is 3.38. The molecule has 0 bridgehead atoms. The highest BCUT2D eigenvalue weighted by Crippen LogP contribution is 2.16. The fraction of sp³-hybridized carbons (Fsp3) is 0.562. The lowest BCUT2D eigenvalue weighted by Crippen LogP contribution is -2.24. The molecule has 2 rings (SSSR count). The van der Waals surface area contributed by atoms with Gasteiger partial charge in [-0.3, -0.25) is 4.99 Å². The van der Waals surface area contributed by atoms with E-state index in [1.165, 1.54) is 23.4 Å². The number of benzene rings is 1. The van der Waals surface area contributed by atoms with Crippen molar-refractivity contribution in [2.75, 3.05) is 6.54 Å². The highest BCUT2D eigenvalue weighted by Gasteiger charge is 2.11. The van der Waals surface area contributed by atoms with Crippen LogP contribution in [0, 0.1) is 5.92 Å². The minimum Gasteiger partial charge on any atom is -0.367 e. The molecule has 0 radical (unpaired) electrons. The van der Waals surface area contributed by atoms with Gasteiger partial charge >= 0.3 is 0 Å². The molecule has 18 heavy (non-hydrogen) atoms. The van der Waals surface area contributed by atoms with Crippen molar-refractivity contribution in [2.24, 2.45) is 10.9 Å². The van der Waals surface area contributed by atoms with Crippen LogP contribution in [-0.4, -0.2) is 12.4 Å². The van der Waals surface area contributed by atoms with Crippen LogP contribution in [0.2, 0.25) is 0 Å². The van der Waals surface area contributed by atoms with Crippen LogP contribution in [0.15, 0.2) is 29.3 Å². The minimum absolute atomic E-state index is 0.356. The number of rotatable bonds is 4. The van der Waals surface area contributed by atoms with Gasteiger partial charge in [-0.25, -0.2) is 0 Å². The van der Waals surface area contributed by atoms with E-state index in [2.05, 4.69) is 55.3 Å². The van der Waals surface area contributed by atoms with Gasteiger partial charge < -0.3 is 5.32 Å². The maximum Gasteiger partial charge on any atom is 0.0968 e. The second-order valence-electron chi connectivity index (χ2n) is 5.64. The molecule has 1 aromatic carbocycles. The normalized spacial score (nSPS) is 16.8. The highest BCUT2D eigenvalue weighted by atomic mass is 15.0. The molecule has 0 amide bonds. The van der Waals surface area contributed by atoms with Crippen molar-refractivity contribution in [3.63, 3.8) is 0 Å². The summed E-state index contributed by atoms with van der Waals surface area (Å²) >= 11 is 0. The molecule has 1 heterocycles. The summed E-state index contributed by atoms with van der Waals surface area (Å²) in [6.45, 7) is 7.72. The molecule has 0 aliphatic carbocycles. The van der Waals surface area contributed by atoms with Crippen LogP contribution in [-0.2, 0) is 6.42 Å². The van der Waals surface area contributed by atoms with E-state index in [0.717, 1.165) is 25.3 Å². The smallest absolute Gasteiger partial charge is 0.0968 e. The van der Waals surface area contributed by atoms with Crippen molar-refractivity contribution < 1.29 is 0 Å². The Kier molecular flexibility index (Phi) is 4.40. The molecular weight excluding hydrogens is 220 g/mol. The topological polar surface area (TPSA) is 24.4 Å². The van der Waals surface area contributed by atoms with Gasteiger partial charge in [-0.15, -0.1) is 0 Å². The van der Waals surface area contributed by atoms with Gasteiger partial charge in [0.25, 0.3) is 0 Å². The van der Waals surface area contributed by atoms with Crippen LogP contribution in [0.5, 0.6) is 0 Å². The molecule has 0 saturated heterocycles. The zero-order chi connectivity index (χ0) is 13.0. The summed E-state index contributed by atoms with van der Waals surface area (Å²) in [5.74, 6) is 1.90. The van der Waals surface area contributed by atoms with Gasteiger partial charge in [0.15, 0.2) is 0 Å². The molecule has 0 unspecified atom stereocenters. The standard InChI is InChI=1S/C16H24N2/c1-12(2)11-14-6-8-15(9-7-14)13(3)18-16-5-4-10-17-16/h6-9,12-13H,4-5,10-11H2,1-3H3,(H,17,18)/t13-/m1/s1. The number of nitrogens with zero attached hydrogens (tertiary/aromatic N) is 1. The van der Waals surface area contributed by atoms with Gasteiger partial charge in [-0.2, -0.15) is 0 Å². The van der Waals surface area contributed by atoms with Crippen LogP contribution >= 0.6 is 0 Å². The molecule has 1 aromatic rings. The second kappa shape index (κ2) is 6.03. The van der Waals surface area contributed by atoms with Crippen molar-refractivity contribution in [3.8, 4) is 0 Å². The van der Waals surface area contributed by atoms with Gasteiger partial charge in [0.2, 0.25) is 0 Å². The van der Waals surface area contributed by atoms with E-state index in [9.17, 15) is 0 Å². The maximum absolute atomic E-state index is 4.46. The van der Waals surface area contributed by atoms with E-state index >= 15 is 0 Å². The number of hydrogen-bond donors (Lipinski definition) is 1. The summed E-state index contributed by atoms with van der Waals surface area (Å²) in [5, 5.41) is 3.51. The Hall–Kier alpha value is -1.31. The predicted molar refractivity (Wildman–Crippen MR) is 78.1 cm³/mol. The first kappa shape index (κ1) is 13.1. The average Bonchev–Trinajstić information content (AvgIpc) is 2.82. The molecule has 1 N–H and O–H groups in total. The Morgan fingerprint density at radius 3 is 2.44 bits per heavy atom. The van der Waals surface area contributed by atoms with Crippen LogP contribution in [0.3, 0.4) is 0 Å². The van der Waals surface area contributed by atoms with E-state index in [4.69, 9.17) is 0 Å². The second-order valence-corrected chi connectivity index (χ2v) is 5.64. The number of aliphatic imine (C=N–C) groups is 1. The van der Waals surface area contributed by atoms with Crippen molar-refractivity contribution in [2.45, 2.75) is 46.1 Å². The number of nitrogens with one attached hydrogen (secondary N) is 1. The third-order valence-electron chi connectivity index (χ3n) is 3.38. The molecule has 1 aliphatic heterocycles. The zero-order valence-electron chi connectivity index (χ0n) is 11.7. The molecule has 0 spiro atoms. The van der Waals surface area contributed by atoms with E-state index in [-0.39, 0.29) is 0 Å². The summed E-state index contributed by atoms with van der Waals surface area (Å²) in [5.41, 5.74) is 2.77. The van der Waals surface area contributed by atoms with E-state index < -0.39 is 0 Å². The van der Waals surface area contributed by atoms with Crippen molar-refractivity contribution in [3.05, 3.63) is 35.4 Å². The molecule has 1 atom stereocenters. The lowest BCUT2D eigenvalue weighted by molar-refractivity contribution is 0.646. The quantitative estimate of drug-likeness (QED) is 0.857. The molecule has 0 saturated carbocycles. The summed E-state index contributed by atoms with van der Waals surface area (Å²) in [6.07, 6.45) is 3.47. The Morgan fingerprint density at radius 1 is 1.17 bits per heavy atom. The first-order chi connectivity index (χ1) is 8.65. The van der Waals surface area contributed by atoms with Crippen molar-refractivity contribution in [1.29, 1.82) is 0 Å². The van der Waals surface area contributed by atoms with Crippen LogP contribution in [0.1, 0.15) is 50.8 Å². The van der Waals surface area contributed by atoms with E-state index in [0.29, 0.717) is 6.04 Å². The number of hydrogen-bond acceptors (Lipinski definition) is 2. The summed E-state index contributed by atoms with van der Waals surface area (Å²) in [4.78, 5) is 4.46. The van der Waals surface area contributed by atoms with Gasteiger partial charge in [-0.05, 0) is 36.8 Å². The van der Waals surface area contributed by atoms with Gasteiger partial charge in [0.05, 0.1) is 5.84 Å². The molecule has 2 heteroatoms. The monoisotopic (exact) mass is 244 g/mol. The lowest BCUT2D eigenvalue weighted by atomic mass is 10.00. The van der Waals surface area contributed by atoms with Gasteiger partial charge in [0, 0.05) is 19.0 Å². The Morgan fingerprint density at radius 2 is 1.89 bits per heavy atom. The SMILES string of the molecule is CC(C)Cc1ccc([C@@H](C)NC2=NCCC2)cc1. The average molecular weight is 244 g/mol. The molecule has 98 valence electrons. The first-order valence-electron chi connectivity index (χ1n) is 7.04. The van der Waals surface area contributed by atoms with Crippen LogP contribution < -0.4 is 5.32 Å². The number of amidine groups is 1. The molecule has 0 fully saturated rings. The van der Waals surface area contributed by atoms with Crippen LogP contribution in [0.4, 0.5) is 0 Å². The van der Waals surface area contributed by atoms with Crippen molar-refractivity contribution >= 4 is 5.84 Å². The van der Waals surface area contributed by atoms with E-state index in [1.54, 1.807) is 0 Å². The van der Waals surface area contributed by atoms with Gasteiger partial charge in [0.1, 0.15) is 0 Å². The van der Waals surface area contributed by atoms with Crippen LogP contribution in [0.25, 0.3) is 0 Å². The molecule has 2 nitrogen and oxygen atoms in total. The Labute approximate surface area is 111 Å². The Bertz CT molecular complexity index is 404. The first-order valence-corrected chi connectivity index (χ1v) is 7.04.